The second-order valence-corrected chi connectivity index (χ2v) is 2.40. The predicted molar refractivity (Wildman–Crippen MR) is 33.3 cm³/mol. The van der Waals surface area contributed by atoms with Crippen LogP contribution in [0.25, 0.3) is 0 Å². The lowest BCUT2D eigenvalue weighted by Crippen LogP contribution is -2.37. The van der Waals surface area contributed by atoms with Gasteiger partial charge in [0.2, 0.25) is 5.67 Å². The molecule has 0 aromatic heterocycles. The Kier molecular flexibility index (Phi) is 1.89. The summed E-state index contributed by atoms with van der Waals surface area (Å²) >= 11 is 0. The molecule has 58 valence electrons. The molecule has 1 saturated heterocycles. The second kappa shape index (κ2) is 2.54. The van der Waals surface area contributed by atoms with Crippen LogP contribution in [0.1, 0.15) is 6.42 Å². The Hall–Kier alpha value is -0.640. The van der Waals surface area contributed by atoms with Gasteiger partial charge in [-0.2, -0.15) is 0 Å². The fourth-order valence-corrected chi connectivity index (χ4v) is 1.01. The summed E-state index contributed by atoms with van der Waals surface area (Å²) in [5, 5.41) is 2.40. The lowest BCUT2D eigenvalue weighted by atomic mass is 10.1. The molecule has 1 amide bonds. The van der Waals surface area contributed by atoms with E-state index < -0.39 is 11.6 Å². The topological polar surface area (TPSA) is 38.3 Å². The smallest absolute Gasteiger partial charge is 0.260 e. The number of methoxy groups -OCH3 is 1. The minimum atomic E-state index is -1.77. The van der Waals surface area contributed by atoms with Gasteiger partial charge in [-0.25, -0.2) is 4.39 Å². The zero-order chi connectivity index (χ0) is 7.61. The maximum absolute atomic E-state index is 13.2. The quantitative estimate of drug-likeness (QED) is 0.590. The van der Waals surface area contributed by atoms with Gasteiger partial charge in [0.05, 0.1) is 6.61 Å². The molecule has 3 nitrogen and oxygen atoms in total. The van der Waals surface area contributed by atoms with Crippen molar-refractivity contribution in [2.24, 2.45) is 0 Å². The van der Waals surface area contributed by atoms with E-state index in [2.05, 4.69) is 10.1 Å². The summed E-state index contributed by atoms with van der Waals surface area (Å²) in [7, 11) is 1.38. The first-order chi connectivity index (χ1) is 4.69. The summed E-state index contributed by atoms with van der Waals surface area (Å²) in [6, 6.07) is 0. The third-order valence-corrected chi connectivity index (χ3v) is 1.59. The van der Waals surface area contributed by atoms with E-state index in [-0.39, 0.29) is 13.0 Å². The standard InChI is InChI=1S/C6H10FNO2/c1-10-4-6(7)2-3-8-5(6)9/h2-4H2,1H3,(H,8,9)/t6-/m1/s1. The van der Waals surface area contributed by atoms with Crippen LogP contribution < -0.4 is 5.32 Å². The molecule has 0 aromatic rings. The van der Waals surface area contributed by atoms with E-state index >= 15 is 0 Å². The average Bonchev–Trinajstić information content (AvgIpc) is 2.15. The summed E-state index contributed by atoms with van der Waals surface area (Å²) in [6.07, 6.45) is 0.222. The molecule has 0 spiro atoms. The zero-order valence-corrected chi connectivity index (χ0v) is 5.82. The van der Waals surface area contributed by atoms with Gasteiger partial charge in [0.15, 0.2) is 0 Å². The van der Waals surface area contributed by atoms with Crippen molar-refractivity contribution in [3.05, 3.63) is 0 Å². The van der Waals surface area contributed by atoms with Crippen molar-refractivity contribution in [1.82, 2.24) is 5.32 Å². The van der Waals surface area contributed by atoms with Gasteiger partial charge in [-0.1, -0.05) is 0 Å². The minimum Gasteiger partial charge on any atom is -0.381 e. The van der Waals surface area contributed by atoms with Crippen LogP contribution in [-0.4, -0.2) is 31.8 Å². The van der Waals surface area contributed by atoms with Crippen LogP contribution in [-0.2, 0) is 9.53 Å². The van der Waals surface area contributed by atoms with Crippen LogP contribution >= 0.6 is 0 Å². The highest BCUT2D eigenvalue weighted by atomic mass is 19.1. The molecule has 0 aromatic carbocycles. The molecule has 1 aliphatic heterocycles. The first-order valence-corrected chi connectivity index (χ1v) is 3.15. The summed E-state index contributed by atoms with van der Waals surface area (Å²) in [6.45, 7) is 0.275. The number of ether oxygens (including phenoxy) is 1. The number of rotatable bonds is 2. The van der Waals surface area contributed by atoms with Crippen LogP contribution in [0, 0.1) is 0 Å². The van der Waals surface area contributed by atoms with E-state index in [4.69, 9.17) is 0 Å². The second-order valence-electron chi connectivity index (χ2n) is 2.40. The highest BCUT2D eigenvalue weighted by molar-refractivity contribution is 5.87. The number of alkyl halides is 1. The summed E-state index contributed by atoms with van der Waals surface area (Å²) in [5.74, 6) is -0.547. The van der Waals surface area contributed by atoms with Gasteiger partial charge in [-0.05, 0) is 0 Å². The Morgan fingerprint density at radius 2 is 2.60 bits per heavy atom. The van der Waals surface area contributed by atoms with Crippen molar-refractivity contribution in [2.75, 3.05) is 20.3 Å². The van der Waals surface area contributed by atoms with E-state index in [1.54, 1.807) is 0 Å². The molecular weight excluding hydrogens is 137 g/mol. The van der Waals surface area contributed by atoms with Gasteiger partial charge in [0.25, 0.3) is 5.91 Å². The van der Waals surface area contributed by atoms with Crippen molar-refractivity contribution >= 4 is 5.91 Å². The first kappa shape index (κ1) is 7.47. The van der Waals surface area contributed by atoms with E-state index in [1.165, 1.54) is 7.11 Å². The summed E-state index contributed by atoms with van der Waals surface area (Å²) in [4.78, 5) is 10.7. The van der Waals surface area contributed by atoms with E-state index in [9.17, 15) is 9.18 Å². The molecule has 0 aliphatic carbocycles. The molecule has 0 bridgehead atoms. The summed E-state index contributed by atoms with van der Waals surface area (Å²) < 4.78 is 17.7. The molecule has 1 rings (SSSR count). The molecule has 10 heavy (non-hydrogen) atoms. The van der Waals surface area contributed by atoms with E-state index in [0.717, 1.165) is 0 Å². The molecule has 1 heterocycles. The van der Waals surface area contributed by atoms with Gasteiger partial charge in [-0.3, -0.25) is 4.79 Å². The van der Waals surface area contributed by atoms with Crippen LogP contribution in [0.3, 0.4) is 0 Å². The Morgan fingerprint density at radius 1 is 1.90 bits per heavy atom. The van der Waals surface area contributed by atoms with Gasteiger partial charge in [0, 0.05) is 20.1 Å². The number of hydrogen-bond acceptors (Lipinski definition) is 2. The number of halogens is 1. The molecule has 0 radical (unpaired) electrons. The van der Waals surface area contributed by atoms with Crippen molar-refractivity contribution in [3.8, 4) is 0 Å². The van der Waals surface area contributed by atoms with E-state index in [0.29, 0.717) is 6.54 Å². The maximum atomic E-state index is 13.2. The fraction of sp³-hybridized carbons (Fsp3) is 0.833. The highest BCUT2D eigenvalue weighted by Gasteiger charge is 2.42. The Balaban J connectivity index is 2.57. The molecule has 1 atom stereocenters. The lowest BCUT2D eigenvalue weighted by molar-refractivity contribution is -0.132. The molecule has 0 unspecified atom stereocenters. The Bertz CT molecular complexity index is 151. The molecule has 0 saturated carbocycles. The normalized spacial score (nSPS) is 32.4. The Morgan fingerprint density at radius 3 is 3.00 bits per heavy atom. The largest absolute Gasteiger partial charge is 0.381 e. The summed E-state index contributed by atoms with van der Waals surface area (Å²) in [5.41, 5.74) is -1.77. The van der Waals surface area contributed by atoms with Crippen LogP contribution in [0.15, 0.2) is 0 Å². The van der Waals surface area contributed by atoms with Gasteiger partial charge in [0.1, 0.15) is 0 Å². The van der Waals surface area contributed by atoms with Crippen LogP contribution in [0.5, 0.6) is 0 Å². The number of carbonyl (C=O) groups excluding carboxylic acids is 1. The van der Waals surface area contributed by atoms with Crippen molar-refractivity contribution in [1.29, 1.82) is 0 Å². The molecule has 1 fully saturated rings. The number of carbonyl (C=O) groups is 1. The highest BCUT2D eigenvalue weighted by Crippen LogP contribution is 2.20. The average molecular weight is 147 g/mol. The molecule has 1 aliphatic rings. The monoisotopic (exact) mass is 147 g/mol. The molecule has 4 heteroatoms. The third kappa shape index (κ3) is 1.11. The zero-order valence-electron chi connectivity index (χ0n) is 5.82. The number of hydrogen-bond donors (Lipinski definition) is 1. The van der Waals surface area contributed by atoms with Crippen molar-refractivity contribution in [3.63, 3.8) is 0 Å². The van der Waals surface area contributed by atoms with Crippen LogP contribution in [0.2, 0.25) is 0 Å². The molecule has 1 N–H and O–H groups in total. The van der Waals surface area contributed by atoms with Crippen molar-refractivity contribution < 1.29 is 13.9 Å². The predicted octanol–water partition coefficient (Wildman–Crippen LogP) is -0.139. The van der Waals surface area contributed by atoms with E-state index in [1.807, 2.05) is 0 Å². The number of amides is 1. The first-order valence-electron chi connectivity index (χ1n) is 3.15. The molecular formula is C6H10FNO2. The fourth-order valence-electron chi connectivity index (χ4n) is 1.01. The Labute approximate surface area is 58.5 Å². The minimum absolute atomic E-state index is 0.140. The SMILES string of the molecule is COC[C@]1(F)CCNC1=O. The van der Waals surface area contributed by atoms with Crippen LogP contribution in [0.4, 0.5) is 4.39 Å². The van der Waals surface area contributed by atoms with Crippen molar-refractivity contribution in [2.45, 2.75) is 12.1 Å². The third-order valence-electron chi connectivity index (χ3n) is 1.59. The lowest BCUT2D eigenvalue weighted by Gasteiger charge is -2.13. The van der Waals surface area contributed by atoms with Gasteiger partial charge >= 0.3 is 0 Å². The van der Waals surface area contributed by atoms with Gasteiger partial charge < -0.3 is 10.1 Å². The number of nitrogens with one attached hydrogen (secondary N) is 1. The maximum Gasteiger partial charge on any atom is 0.260 e. The van der Waals surface area contributed by atoms with Gasteiger partial charge in [-0.15, -0.1) is 0 Å².